The Morgan fingerprint density at radius 2 is 1.31 bits per heavy atom. The van der Waals surface area contributed by atoms with Gasteiger partial charge < -0.3 is 8.92 Å². The molecule has 0 aliphatic heterocycles. The van der Waals surface area contributed by atoms with Crippen molar-refractivity contribution < 1.29 is 40.1 Å². The molecule has 1 aromatic heterocycles. The van der Waals surface area contributed by atoms with Crippen LogP contribution in [0.2, 0.25) is 0 Å². The SMILES string of the molecule is O=Cc1c(C=O)c(OC(c2ccccc2)c2ccccc2)c2ncccc2c1OS(=O)(=O)C(F)(F)F. The molecule has 0 N–H and O–H groups in total. The Balaban J connectivity index is 1.98. The van der Waals surface area contributed by atoms with Crippen LogP contribution in [0.1, 0.15) is 37.9 Å². The number of aldehydes is 2. The third-order valence-corrected chi connectivity index (χ3v) is 6.15. The monoisotopic (exact) mass is 515 g/mol. The number of pyridine rings is 1. The second kappa shape index (κ2) is 9.78. The summed E-state index contributed by atoms with van der Waals surface area (Å²) in [5.41, 5.74) is -5.86. The zero-order valence-corrected chi connectivity index (χ0v) is 19.0. The van der Waals surface area contributed by atoms with Crippen molar-refractivity contribution in [2.24, 2.45) is 0 Å². The van der Waals surface area contributed by atoms with Crippen molar-refractivity contribution in [3.05, 3.63) is 101 Å². The number of carbonyl (C=O) groups is 2. The molecule has 1 heterocycles. The Kier molecular flexibility index (Phi) is 6.75. The van der Waals surface area contributed by atoms with Gasteiger partial charge in [0.05, 0.1) is 11.1 Å². The van der Waals surface area contributed by atoms with Gasteiger partial charge in [-0.3, -0.25) is 14.6 Å². The van der Waals surface area contributed by atoms with Gasteiger partial charge in [0.15, 0.2) is 24.1 Å². The standard InChI is InChI=1S/C25H16F3NO6S/c26-25(27,28)36(32,33)35-23-18-12-7-13-29-21(18)24(20(15-31)19(23)14-30)34-22(16-8-3-1-4-9-16)17-10-5-2-6-11-17/h1-15,22H. The lowest BCUT2D eigenvalue weighted by molar-refractivity contribution is -0.0499. The number of hydrogen-bond donors (Lipinski definition) is 0. The van der Waals surface area contributed by atoms with Gasteiger partial charge >= 0.3 is 15.6 Å². The van der Waals surface area contributed by atoms with Gasteiger partial charge in [-0.1, -0.05) is 60.7 Å². The molecule has 4 rings (SSSR count). The van der Waals surface area contributed by atoms with Crippen LogP contribution in [0.5, 0.6) is 11.5 Å². The van der Waals surface area contributed by atoms with E-state index in [1.165, 1.54) is 18.3 Å². The zero-order valence-electron chi connectivity index (χ0n) is 18.2. The first-order chi connectivity index (χ1) is 17.2. The molecule has 0 saturated heterocycles. The first kappa shape index (κ1) is 24.9. The minimum absolute atomic E-state index is 0.0320. The van der Waals surface area contributed by atoms with E-state index < -0.39 is 38.6 Å². The summed E-state index contributed by atoms with van der Waals surface area (Å²) in [5.74, 6) is -1.20. The van der Waals surface area contributed by atoms with Gasteiger partial charge in [-0.25, -0.2) is 0 Å². The fourth-order valence-corrected chi connectivity index (χ4v) is 4.08. The van der Waals surface area contributed by atoms with E-state index in [0.29, 0.717) is 11.1 Å². The van der Waals surface area contributed by atoms with Crippen LogP contribution in [-0.4, -0.2) is 31.5 Å². The number of rotatable bonds is 8. The molecule has 0 unspecified atom stereocenters. The van der Waals surface area contributed by atoms with E-state index in [1.54, 1.807) is 60.7 Å². The van der Waals surface area contributed by atoms with Crippen molar-refractivity contribution >= 4 is 33.6 Å². The van der Waals surface area contributed by atoms with Crippen LogP contribution in [0, 0.1) is 0 Å². The lowest BCUT2D eigenvalue weighted by Crippen LogP contribution is -2.28. The van der Waals surface area contributed by atoms with E-state index in [4.69, 9.17) is 4.74 Å². The Labute approximate surface area is 203 Å². The lowest BCUT2D eigenvalue weighted by Gasteiger charge is -2.23. The van der Waals surface area contributed by atoms with Gasteiger partial charge in [-0.15, -0.1) is 0 Å². The molecule has 4 aromatic rings. The maximum atomic E-state index is 13.1. The smallest absolute Gasteiger partial charge is 0.478 e. The molecule has 0 atom stereocenters. The van der Waals surface area contributed by atoms with Crippen molar-refractivity contribution in [2.75, 3.05) is 0 Å². The molecule has 0 spiro atoms. The summed E-state index contributed by atoms with van der Waals surface area (Å²) >= 11 is 0. The predicted molar refractivity (Wildman–Crippen MR) is 123 cm³/mol. The average Bonchev–Trinajstić information content (AvgIpc) is 2.88. The zero-order chi connectivity index (χ0) is 25.9. The maximum Gasteiger partial charge on any atom is 0.534 e. The molecule has 0 aliphatic rings. The topological polar surface area (TPSA) is 99.6 Å². The van der Waals surface area contributed by atoms with E-state index in [9.17, 15) is 31.2 Å². The van der Waals surface area contributed by atoms with Crippen molar-refractivity contribution in [3.63, 3.8) is 0 Å². The highest BCUT2D eigenvalue weighted by Gasteiger charge is 2.49. The van der Waals surface area contributed by atoms with Crippen LogP contribution < -0.4 is 8.92 Å². The van der Waals surface area contributed by atoms with Crippen LogP contribution in [0.4, 0.5) is 13.2 Å². The number of hydrogen-bond acceptors (Lipinski definition) is 7. The summed E-state index contributed by atoms with van der Waals surface area (Å²) in [6.45, 7) is 0. The third kappa shape index (κ3) is 4.65. The van der Waals surface area contributed by atoms with Gasteiger partial charge in [0.25, 0.3) is 0 Å². The molecule has 0 radical (unpaired) electrons. The molecule has 184 valence electrons. The Morgan fingerprint density at radius 3 is 1.81 bits per heavy atom. The number of benzene rings is 3. The average molecular weight is 515 g/mol. The van der Waals surface area contributed by atoms with Gasteiger partial charge in [0.1, 0.15) is 11.6 Å². The maximum absolute atomic E-state index is 13.1. The van der Waals surface area contributed by atoms with Crippen LogP contribution in [0.15, 0.2) is 79.0 Å². The summed E-state index contributed by atoms with van der Waals surface area (Å²) in [5, 5.41) is -0.270. The lowest BCUT2D eigenvalue weighted by atomic mass is 9.99. The van der Waals surface area contributed by atoms with Gasteiger partial charge in [0, 0.05) is 11.6 Å². The van der Waals surface area contributed by atoms with E-state index in [0.717, 1.165) is 0 Å². The van der Waals surface area contributed by atoms with Gasteiger partial charge in [-0.05, 0) is 23.3 Å². The number of fused-ring (bicyclic) bond motifs is 1. The second-order valence-corrected chi connectivity index (χ2v) is 8.96. The minimum atomic E-state index is -6.17. The number of nitrogens with zero attached hydrogens (tertiary/aromatic N) is 1. The number of aromatic nitrogens is 1. The van der Waals surface area contributed by atoms with Crippen molar-refractivity contribution in [1.29, 1.82) is 0 Å². The summed E-state index contributed by atoms with van der Waals surface area (Å²) in [6, 6.07) is 20.2. The fourth-order valence-electron chi connectivity index (χ4n) is 3.59. The first-order valence-electron chi connectivity index (χ1n) is 10.3. The molecule has 0 bridgehead atoms. The van der Waals surface area contributed by atoms with Crippen LogP contribution in [-0.2, 0) is 10.1 Å². The third-order valence-electron chi connectivity index (χ3n) is 5.20. The molecule has 7 nitrogen and oxygen atoms in total. The van der Waals surface area contributed by atoms with Crippen LogP contribution in [0.25, 0.3) is 10.9 Å². The molecule has 0 aliphatic carbocycles. The molecule has 3 aromatic carbocycles. The summed E-state index contributed by atoms with van der Waals surface area (Å²) in [6.07, 6.45) is 0.658. The van der Waals surface area contributed by atoms with Crippen LogP contribution >= 0.6 is 0 Å². The highest BCUT2D eigenvalue weighted by Crippen LogP contribution is 2.42. The number of carbonyl (C=O) groups excluding carboxylic acids is 2. The highest BCUT2D eigenvalue weighted by molar-refractivity contribution is 7.88. The second-order valence-electron chi connectivity index (χ2n) is 7.42. The van der Waals surface area contributed by atoms with E-state index >= 15 is 0 Å². The van der Waals surface area contributed by atoms with Gasteiger partial charge in [-0.2, -0.15) is 21.6 Å². The van der Waals surface area contributed by atoms with E-state index in [1.807, 2.05) is 0 Å². The number of alkyl halides is 3. The van der Waals surface area contributed by atoms with Crippen molar-refractivity contribution in [2.45, 2.75) is 11.6 Å². The molecular weight excluding hydrogens is 499 g/mol. The molecule has 0 fully saturated rings. The first-order valence-corrected chi connectivity index (χ1v) is 11.7. The molecule has 11 heteroatoms. The predicted octanol–water partition coefficient (Wildman–Crippen LogP) is 5.26. The number of halogens is 3. The molecule has 0 amide bonds. The van der Waals surface area contributed by atoms with Crippen molar-refractivity contribution in [3.8, 4) is 11.5 Å². The Morgan fingerprint density at radius 1 is 0.778 bits per heavy atom. The quantitative estimate of drug-likeness (QED) is 0.179. The largest absolute Gasteiger partial charge is 0.534 e. The minimum Gasteiger partial charge on any atom is -0.478 e. The van der Waals surface area contributed by atoms with Crippen LogP contribution in [0.3, 0.4) is 0 Å². The summed E-state index contributed by atoms with van der Waals surface area (Å²) in [7, 11) is -6.17. The summed E-state index contributed by atoms with van der Waals surface area (Å²) in [4.78, 5) is 28.2. The van der Waals surface area contributed by atoms with E-state index in [-0.39, 0.29) is 29.2 Å². The van der Waals surface area contributed by atoms with Crippen molar-refractivity contribution in [1.82, 2.24) is 4.98 Å². The molecular formula is C25H16F3NO6S. The molecule has 36 heavy (non-hydrogen) atoms. The van der Waals surface area contributed by atoms with Gasteiger partial charge in [0.2, 0.25) is 0 Å². The highest BCUT2D eigenvalue weighted by atomic mass is 32.2. The normalized spacial score (nSPS) is 11.9. The van der Waals surface area contributed by atoms with E-state index in [2.05, 4.69) is 9.17 Å². The molecule has 0 saturated carbocycles. The fraction of sp³-hybridized carbons (Fsp3) is 0.0800. The number of ether oxygens (including phenoxy) is 1. The Hall–Kier alpha value is -4.25. The Bertz CT molecular complexity index is 1490. The summed E-state index contributed by atoms with van der Waals surface area (Å²) < 4.78 is 73.3.